The van der Waals surface area contributed by atoms with Crippen molar-refractivity contribution < 1.29 is 5.11 Å². The van der Waals surface area contributed by atoms with Gasteiger partial charge in [0.15, 0.2) is 0 Å². The van der Waals surface area contributed by atoms with Crippen LogP contribution in [0.3, 0.4) is 0 Å². The minimum absolute atomic E-state index is 0.504. The largest absolute Gasteiger partial charge is 0.389 e. The standard InChI is InChI=1S/C18H24N2O/c1-12(21)17-6-4-14(10-19)9-18(17)20(2)11-16-8-13-3-5-15(16)7-13/h4,6,9,12-13,15-16,21H,3,5,7-8,11H2,1-2H3/t12-,13?,15?,16?/m0/s1. The van der Waals surface area contributed by atoms with Gasteiger partial charge in [0, 0.05) is 24.8 Å². The highest BCUT2D eigenvalue weighted by molar-refractivity contribution is 5.58. The predicted octanol–water partition coefficient (Wildman–Crippen LogP) is 3.48. The first-order valence-corrected chi connectivity index (χ1v) is 8.01. The third kappa shape index (κ3) is 2.78. The second kappa shape index (κ2) is 5.69. The number of hydrogen-bond donors (Lipinski definition) is 1. The first-order valence-electron chi connectivity index (χ1n) is 8.01. The van der Waals surface area contributed by atoms with Crippen LogP contribution in [0, 0.1) is 29.1 Å². The first-order chi connectivity index (χ1) is 10.1. The van der Waals surface area contributed by atoms with Crippen LogP contribution in [0.1, 0.15) is 49.8 Å². The molecule has 112 valence electrons. The molecule has 2 saturated carbocycles. The van der Waals surface area contributed by atoms with Gasteiger partial charge in [0.25, 0.3) is 0 Å². The quantitative estimate of drug-likeness (QED) is 0.920. The van der Waals surface area contributed by atoms with Gasteiger partial charge in [-0.05, 0) is 56.1 Å². The molecular weight excluding hydrogens is 260 g/mol. The molecule has 2 bridgehead atoms. The second-order valence-corrected chi connectivity index (χ2v) is 6.88. The molecule has 0 radical (unpaired) electrons. The van der Waals surface area contributed by atoms with Crippen molar-refractivity contribution in [1.29, 1.82) is 5.26 Å². The Hall–Kier alpha value is -1.53. The molecule has 4 atom stereocenters. The molecule has 3 unspecified atom stereocenters. The van der Waals surface area contributed by atoms with E-state index in [1.54, 1.807) is 13.0 Å². The summed E-state index contributed by atoms with van der Waals surface area (Å²) >= 11 is 0. The Balaban J connectivity index is 1.80. The molecule has 0 amide bonds. The zero-order valence-electron chi connectivity index (χ0n) is 12.9. The second-order valence-electron chi connectivity index (χ2n) is 6.88. The van der Waals surface area contributed by atoms with E-state index in [-0.39, 0.29) is 0 Å². The van der Waals surface area contributed by atoms with Gasteiger partial charge in [-0.2, -0.15) is 5.26 Å². The van der Waals surface area contributed by atoms with E-state index >= 15 is 0 Å². The van der Waals surface area contributed by atoms with Crippen molar-refractivity contribution >= 4 is 5.69 Å². The molecule has 0 aliphatic heterocycles. The van der Waals surface area contributed by atoms with Crippen LogP contribution in [0.4, 0.5) is 5.69 Å². The first kappa shape index (κ1) is 14.4. The molecule has 0 aromatic heterocycles. The molecule has 3 rings (SSSR count). The Labute approximate surface area is 127 Å². The lowest BCUT2D eigenvalue weighted by Crippen LogP contribution is -2.29. The summed E-state index contributed by atoms with van der Waals surface area (Å²) in [5.74, 6) is 2.63. The van der Waals surface area contributed by atoms with Crippen molar-refractivity contribution in [3.05, 3.63) is 29.3 Å². The minimum atomic E-state index is -0.504. The van der Waals surface area contributed by atoms with E-state index in [4.69, 9.17) is 5.26 Å². The van der Waals surface area contributed by atoms with E-state index in [1.807, 2.05) is 12.1 Å². The lowest BCUT2D eigenvalue weighted by atomic mass is 9.88. The van der Waals surface area contributed by atoms with Gasteiger partial charge in [-0.15, -0.1) is 0 Å². The van der Waals surface area contributed by atoms with Gasteiger partial charge in [-0.25, -0.2) is 0 Å². The van der Waals surface area contributed by atoms with Gasteiger partial charge >= 0.3 is 0 Å². The number of benzene rings is 1. The van der Waals surface area contributed by atoms with Crippen LogP contribution in [0.25, 0.3) is 0 Å². The molecule has 2 aliphatic rings. The maximum absolute atomic E-state index is 9.97. The molecule has 1 aromatic carbocycles. The fourth-order valence-electron chi connectivity index (χ4n) is 4.35. The summed E-state index contributed by atoms with van der Waals surface area (Å²) in [5.41, 5.74) is 2.58. The Bertz CT molecular complexity index is 561. The van der Waals surface area contributed by atoms with Gasteiger partial charge in [0.1, 0.15) is 0 Å². The lowest BCUT2D eigenvalue weighted by Gasteiger charge is -2.30. The highest BCUT2D eigenvalue weighted by atomic mass is 16.3. The van der Waals surface area contributed by atoms with Gasteiger partial charge < -0.3 is 10.0 Å². The molecule has 3 heteroatoms. The summed E-state index contributed by atoms with van der Waals surface area (Å²) < 4.78 is 0. The van der Waals surface area contributed by atoms with Gasteiger partial charge in [-0.3, -0.25) is 0 Å². The number of fused-ring (bicyclic) bond motifs is 2. The third-order valence-corrected chi connectivity index (χ3v) is 5.41. The molecule has 0 spiro atoms. The Morgan fingerprint density at radius 3 is 2.76 bits per heavy atom. The average molecular weight is 284 g/mol. The molecule has 2 aliphatic carbocycles. The molecular formula is C18H24N2O. The Morgan fingerprint density at radius 2 is 2.19 bits per heavy atom. The number of aliphatic hydroxyl groups excluding tert-OH is 1. The number of anilines is 1. The van der Waals surface area contributed by atoms with Crippen LogP contribution in [-0.4, -0.2) is 18.7 Å². The van der Waals surface area contributed by atoms with Crippen molar-refractivity contribution in [3.63, 3.8) is 0 Å². The fraction of sp³-hybridized carbons (Fsp3) is 0.611. The zero-order valence-corrected chi connectivity index (χ0v) is 12.9. The molecule has 0 heterocycles. The fourth-order valence-corrected chi connectivity index (χ4v) is 4.35. The van der Waals surface area contributed by atoms with Crippen LogP contribution in [-0.2, 0) is 0 Å². The summed E-state index contributed by atoms with van der Waals surface area (Å²) in [6.45, 7) is 2.83. The van der Waals surface area contributed by atoms with Crippen LogP contribution in [0.2, 0.25) is 0 Å². The van der Waals surface area contributed by atoms with E-state index in [2.05, 4.69) is 18.0 Å². The van der Waals surface area contributed by atoms with Gasteiger partial charge in [0.2, 0.25) is 0 Å². The van der Waals surface area contributed by atoms with Crippen LogP contribution < -0.4 is 4.90 Å². The summed E-state index contributed by atoms with van der Waals surface area (Å²) in [6, 6.07) is 7.79. The summed E-state index contributed by atoms with van der Waals surface area (Å²) in [7, 11) is 2.09. The maximum Gasteiger partial charge on any atom is 0.0992 e. The molecule has 2 fully saturated rings. The molecule has 0 saturated heterocycles. The minimum Gasteiger partial charge on any atom is -0.389 e. The highest BCUT2D eigenvalue weighted by Gasteiger charge is 2.39. The van der Waals surface area contributed by atoms with Crippen molar-refractivity contribution in [2.24, 2.45) is 17.8 Å². The predicted molar refractivity (Wildman–Crippen MR) is 84.0 cm³/mol. The van der Waals surface area contributed by atoms with E-state index < -0.39 is 6.10 Å². The number of nitrogens with zero attached hydrogens (tertiary/aromatic N) is 2. The Kier molecular flexibility index (Phi) is 3.91. The number of hydrogen-bond acceptors (Lipinski definition) is 3. The molecule has 1 N–H and O–H groups in total. The monoisotopic (exact) mass is 284 g/mol. The number of aliphatic hydroxyl groups is 1. The normalized spacial score (nSPS) is 28.4. The average Bonchev–Trinajstić information content (AvgIpc) is 3.09. The van der Waals surface area contributed by atoms with Crippen LogP contribution >= 0.6 is 0 Å². The van der Waals surface area contributed by atoms with Gasteiger partial charge in [0.05, 0.1) is 17.7 Å². The number of nitriles is 1. The van der Waals surface area contributed by atoms with E-state index in [0.717, 1.165) is 35.5 Å². The Morgan fingerprint density at radius 1 is 1.38 bits per heavy atom. The summed E-state index contributed by atoms with van der Waals surface area (Å²) in [6.07, 6.45) is 5.09. The maximum atomic E-state index is 9.97. The van der Waals surface area contributed by atoms with Gasteiger partial charge in [-0.1, -0.05) is 12.5 Å². The van der Waals surface area contributed by atoms with Crippen molar-refractivity contribution in [1.82, 2.24) is 0 Å². The summed E-state index contributed by atoms with van der Waals surface area (Å²) in [4.78, 5) is 2.24. The van der Waals surface area contributed by atoms with Crippen molar-refractivity contribution in [2.75, 3.05) is 18.5 Å². The molecule has 1 aromatic rings. The van der Waals surface area contributed by atoms with E-state index in [0.29, 0.717) is 5.56 Å². The van der Waals surface area contributed by atoms with Crippen LogP contribution in [0.5, 0.6) is 0 Å². The lowest BCUT2D eigenvalue weighted by molar-refractivity contribution is 0.199. The third-order valence-electron chi connectivity index (χ3n) is 5.41. The van der Waals surface area contributed by atoms with Crippen molar-refractivity contribution in [2.45, 2.75) is 38.7 Å². The topological polar surface area (TPSA) is 47.3 Å². The SMILES string of the molecule is C[C@H](O)c1ccc(C#N)cc1N(C)CC1CC2CCC1C2. The highest BCUT2D eigenvalue weighted by Crippen LogP contribution is 2.48. The smallest absolute Gasteiger partial charge is 0.0992 e. The van der Waals surface area contributed by atoms with E-state index in [1.165, 1.54) is 25.7 Å². The zero-order chi connectivity index (χ0) is 15.0. The van der Waals surface area contributed by atoms with E-state index in [9.17, 15) is 5.11 Å². The molecule has 3 nitrogen and oxygen atoms in total. The number of rotatable bonds is 4. The van der Waals surface area contributed by atoms with Crippen molar-refractivity contribution in [3.8, 4) is 6.07 Å². The summed E-state index contributed by atoms with van der Waals surface area (Å²) in [5, 5.41) is 19.1. The van der Waals surface area contributed by atoms with Crippen LogP contribution in [0.15, 0.2) is 18.2 Å². The molecule has 21 heavy (non-hydrogen) atoms.